The summed E-state index contributed by atoms with van der Waals surface area (Å²) >= 11 is 2.16. The Morgan fingerprint density at radius 2 is 1.67 bits per heavy atom. The fourth-order valence-corrected chi connectivity index (χ4v) is 4.89. The standard InChI is InChI=1S/C9H21SSi.Li/c1-7-8-10-11(5,6)9(2,3)4;/h1,7-8H2,2-6H3;/q-1;+1. The molecule has 0 aliphatic heterocycles. The first-order valence-electron chi connectivity index (χ1n) is 4.24. The minimum Gasteiger partial charge on any atom is -0.343 e. The van der Waals surface area contributed by atoms with E-state index >= 15 is 0 Å². The van der Waals surface area contributed by atoms with E-state index in [1.54, 1.807) is 0 Å². The first kappa shape index (κ1) is 15.6. The monoisotopic (exact) mass is 196 g/mol. The Labute approximate surface area is 95.1 Å². The van der Waals surface area contributed by atoms with Gasteiger partial charge in [-0.1, -0.05) is 33.9 Å². The molecular formula is C9H21LiSSi. The van der Waals surface area contributed by atoms with Crippen molar-refractivity contribution in [2.75, 3.05) is 5.75 Å². The van der Waals surface area contributed by atoms with E-state index in [9.17, 15) is 0 Å². The van der Waals surface area contributed by atoms with E-state index < -0.39 is 7.22 Å². The quantitative estimate of drug-likeness (QED) is 0.478. The Morgan fingerprint density at radius 1 is 1.25 bits per heavy atom. The smallest absolute Gasteiger partial charge is 0.343 e. The van der Waals surface area contributed by atoms with Crippen LogP contribution in [0.2, 0.25) is 18.1 Å². The molecule has 0 nitrogen and oxygen atoms in total. The zero-order valence-electron chi connectivity index (χ0n) is 9.53. The number of rotatable bonds is 3. The van der Waals surface area contributed by atoms with Crippen LogP contribution in [0.15, 0.2) is 0 Å². The molecular weight excluding hydrogens is 175 g/mol. The van der Waals surface area contributed by atoms with Crippen molar-refractivity contribution in [3.63, 3.8) is 0 Å². The van der Waals surface area contributed by atoms with Gasteiger partial charge in [0.2, 0.25) is 0 Å². The van der Waals surface area contributed by atoms with Crippen molar-refractivity contribution in [2.24, 2.45) is 0 Å². The Kier molecular flexibility index (Phi) is 7.56. The zero-order valence-corrected chi connectivity index (χ0v) is 11.3. The third kappa shape index (κ3) is 5.02. The molecule has 0 saturated carbocycles. The van der Waals surface area contributed by atoms with Gasteiger partial charge in [0, 0.05) is 0 Å². The molecule has 0 N–H and O–H groups in total. The fourth-order valence-electron chi connectivity index (χ4n) is 0.544. The number of hydrogen-bond acceptors (Lipinski definition) is 1. The van der Waals surface area contributed by atoms with Crippen molar-refractivity contribution in [2.45, 2.75) is 45.3 Å². The van der Waals surface area contributed by atoms with Crippen LogP contribution in [0.4, 0.5) is 0 Å². The summed E-state index contributed by atoms with van der Waals surface area (Å²) in [5, 5.41) is 0.521. The molecule has 0 rings (SSSR count). The summed E-state index contributed by atoms with van der Waals surface area (Å²) in [5.74, 6) is 1.23. The normalized spacial score (nSPS) is 12.5. The Morgan fingerprint density at radius 3 is 1.92 bits per heavy atom. The van der Waals surface area contributed by atoms with E-state index in [1.165, 1.54) is 5.75 Å². The van der Waals surface area contributed by atoms with Crippen molar-refractivity contribution < 1.29 is 18.9 Å². The van der Waals surface area contributed by atoms with Crippen LogP contribution in [-0.4, -0.2) is 13.0 Å². The van der Waals surface area contributed by atoms with Crippen LogP contribution in [0.1, 0.15) is 27.2 Å². The second-order valence-electron chi connectivity index (χ2n) is 4.46. The third-order valence-corrected chi connectivity index (χ3v) is 11.9. The van der Waals surface area contributed by atoms with E-state index in [4.69, 9.17) is 0 Å². The maximum atomic E-state index is 3.87. The topological polar surface area (TPSA) is 0 Å². The van der Waals surface area contributed by atoms with Gasteiger partial charge < -0.3 is 6.92 Å². The van der Waals surface area contributed by atoms with Crippen LogP contribution in [-0.2, 0) is 0 Å². The summed E-state index contributed by atoms with van der Waals surface area (Å²) in [4.78, 5) is 0. The number of hydrogen-bond donors (Lipinski definition) is 0. The van der Waals surface area contributed by atoms with Crippen LogP contribution >= 0.6 is 11.2 Å². The maximum absolute atomic E-state index is 3.87. The van der Waals surface area contributed by atoms with E-state index in [1.807, 2.05) is 0 Å². The molecule has 0 fully saturated rings. The molecule has 0 heterocycles. The second kappa shape index (κ2) is 5.80. The van der Waals surface area contributed by atoms with E-state index in [0.717, 1.165) is 6.42 Å². The molecule has 0 atom stereocenters. The van der Waals surface area contributed by atoms with Crippen molar-refractivity contribution in [1.29, 1.82) is 0 Å². The molecule has 0 aliphatic rings. The van der Waals surface area contributed by atoms with Crippen LogP contribution in [0, 0.1) is 6.92 Å². The summed E-state index contributed by atoms with van der Waals surface area (Å²) < 4.78 is 0. The Hall–Kier alpha value is 1.16. The molecule has 68 valence electrons. The SMILES string of the molecule is [CH2-]CCS[Si](C)(C)C(C)(C)C.[Li+]. The summed E-state index contributed by atoms with van der Waals surface area (Å²) in [6.07, 6.45) is 1.07. The van der Waals surface area contributed by atoms with Crippen LogP contribution in [0.5, 0.6) is 0 Å². The first-order chi connectivity index (χ1) is 4.81. The predicted molar refractivity (Wildman–Crippen MR) is 59.6 cm³/mol. The van der Waals surface area contributed by atoms with Gasteiger partial charge in [-0.15, -0.1) is 0 Å². The largest absolute Gasteiger partial charge is 1.00 e. The van der Waals surface area contributed by atoms with Crippen LogP contribution < -0.4 is 18.9 Å². The minimum absolute atomic E-state index is 0. The zero-order chi connectivity index (χ0) is 9.12. The van der Waals surface area contributed by atoms with Crippen molar-refractivity contribution >= 4 is 18.4 Å². The predicted octanol–water partition coefficient (Wildman–Crippen LogP) is 0.953. The molecule has 0 radical (unpaired) electrons. The van der Waals surface area contributed by atoms with Crippen LogP contribution in [0.25, 0.3) is 0 Å². The maximum Gasteiger partial charge on any atom is 1.00 e. The molecule has 0 amide bonds. The summed E-state index contributed by atoms with van der Waals surface area (Å²) in [5.41, 5.74) is 0. The third-order valence-electron chi connectivity index (χ3n) is 2.41. The van der Waals surface area contributed by atoms with Gasteiger partial charge in [-0.05, 0) is 10.8 Å². The van der Waals surface area contributed by atoms with Gasteiger partial charge in [0.15, 0.2) is 0 Å². The molecule has 0 aliphatic carbocycles. The van der Waals surface area contributed by atoms with E-state index in [2.05, 4.69) is 52.0 Å². The van der Waals surface area contributed by atoms with E-state index in [0.29, 0.717) is 5.04 Å². The minimum atomic E-state index is -1.05. The van der Waals surface area contributed by atoms with Gasteiger partial charge in [-0.3, -0.25) is 0 Å². The molecule has 0 aromatic rings. The van der Waals surface area contributed by atoms with E-state index in [-0.39, 0.29) is 18.9 Å². The average molecular weight is 196 g/mol. The van der Waals surface area contributed by atoms with Gasteiger partial charge in [-0.2, -0.15) is 17.6 Å². The second-order valence-corrected chi connectivity index (χ2v) is 13.6. The van der Waals surface area contributed by atoms with Gasteiger partial charge in [0.1, 0.15) is 7.22 Å². The molecule has 0 saturated heterocycles. The molecule has 12 heavy (non-hydrogen) atoms. The van der Waals surface area contributed by atoms with Gasteiger partial charge in [-0.25, -0.2) is 0 Å². The van der Waals surface area contributed by atoms with Gasteiger partial charge in [0.25, 0.3) is 0 Å². The molecule has 0 aromatic heterocycles. The van der Waals surface area contributed by atoms with Crippen molar-refractivity contribution in [3.05, 3.63) is 6.92 Å². The summed E-state index contributed by atoms with van der Waals surface area (Å²) in [7, 11) is -1.05. The Balaban J connectivity index is 0. The molecule has 0 unspecified atom stereocenters. The van der Waals surface area contributed by atoms with Crippen molar-refractivity contribution in [1.82, 2.24) is 0 Å². The first-order valence-corrected chi connectivity index (χ1v) is 8.95. The van der Waals surface area contributed by atoms with Crippen LogP contribution in [0.3, 0.4) is 0 Å². The Bertz CT molecular complexity index is 118. The summed E-state index contributed by atoms with van der Waals surface area (Å²) in [6, 6.07) is 0. The molecule has 3 heteroatoms. The van der Waals surface area contributed by atoms with Gasteiger partial charge >= 0.3 is 18.9 Å². The van der Waals surface area contributed by atoms with Gasteiger partial charge in [0.05, 0.1) is 0 Å². The molecule has 0 aromatic carbocycles. The fraction of sp³-hybridized carbons (Fsp3) is 0.889. The molecule has 0 spiro atoms. The molecule has 0 bridgehead atoms. The van der Waals surface area contributed by atoms with Crippen molar-refractivity contribution in [3.8, 4) is 0 Å². The average Bonchev–Trinajstić information content (AvgIpc) is 1.81. The summed E-state index contributed by atoms with van der Waals surface area (Å²) in [6.45, 7) is 15.8.